The van der Waals surface area contributed by atoms with E-state index < -0.39 is 0 Å². The Morgan fingerprint density at radius 3 is 2.18 bits per heavy atom. The predicted octanol–water partition coefficient (Wildman–Crippen LogP) is 1.86. The van der Waals surface area contributed by atoms with Gasteiger partial charge in [0.05, 0.1) is 0 Å². The van der Waals surface area contributed by atoms with E-state index in [2.05, 4.69) is 0 Å². The first-order valence-electron chi connectivity index (χ1n) is 3.48. The molecule has 3 heteroatoms. The van der Waals surface area contributed by atoms with Gasteiger partial charge in [-0.1, -0.05) is 0 Å². The average Bonchev–Trinajstić information content (AvgIpc) is 2.09. The minimum Gasteiger partial charge on any atom is -0.192 e. The standard InChI is InChI=1S/C8H8N2S/c9-5-8(6-10)7-1-3-11-4-2-7/h1-4H2. The van der Waals surface area contributed by atoms with Crippen LogP contribution in [0.15, 0.2) is 11.1 Å². The second-order valence-electron chi connectivity index (χ2n) is 2.31. The van der Waals surface area contributed by atoms with Gasteiger partial charge in [0.1, 0.15) is 17.7 Å². The fourth-order valence-corrected chi connectivity index (χ4v) is 2.04. The Labute approximate surface area is 70.5 Å². The quantitative estimate of drug-likeness (QED) is 0.513. The molecular formula is C8H8N2S. The monoisotopic (exact) mass is 164 g/mol. The molecule has 0 aliphatic carbocycles. The highest BCUT2D eigenvalue weighted by Crippen LogP contribution is 2.24. The molecule has 0 amide bonds. The van der Waals surface area contributed by atoms with Crippen molar-refractivity contribution in [1.82, 2.24) is 0 Å². The lowest BCUT2D eigenvalue weighted by atomic mass is 10.1. The summed E-state index contributed by atoms with van der Waals surface area (Å²) in [7, 11) is 0. The van der Waals surface area contributed by atoms with Crippen LogP contribution in [0.5, 0.6) is 0 Å². The molecule has 0 unspecified atom stereocenters. The third-order valence-electron chi connectivity index (χ3n) is 1.67. The summed E-state index contributed by atoms with van der Waals surface area (Å²) in [6, 6.07) is 3.86. The molecule has 0 spiro atoms. The zero-order valence-electron chi connectivity index (χ0n) is 6.13. The number of hydrogen-bond donors (Lipinski definition) is 0. The Morgan fingerprint density at radius 1 is 1.18 bits per heavy atom. The first-order chi connectivity index (χ1) is 5.38. The third-order valence-corrected chi connectivity index (χ3v) is 2.66. The van der Waals surface area contributed by atoms with E-state index in [9.17, 15) is 0 Å². The van der Waals surface area contributed by atoms with Crippen molar-refractivity contribution in [2.24, 2.45) is 0 Å². The molecule has 1 rings (SSSR count). The molecule has 2 nitrogen and oxygen atoms in total. The maximum absolute atomic E-state index is 8.54. The van der Waals surface area contributed by atoms with Crippen molar-refractivity contribution in [2.75, 3.05) is 11.5 Å². The SMILES string of the molecule is N#CC(C#N)=C1CCSCC1. The normalized spacial score (nSPS) is 16.7. The molecule has 1 aliphatic heterocycles. The van der Waals surface area contributed by atoms with Crippen LogP contribution in [-0.4, -0.2) is 11.5 Å². The molecule has 0 saturated carbocycles. The molecule has 56 valence electrons. The van der Waals surface area contributed by atoms with Crippen molar-refractivity contribution in [3.05, 3.63) is 11.1 Å². The van der Waals surface area contributed by atoms with Crippen LogP contribution in [0, 0.1) is 22.7 Å². The van der Waals surface area contributed by atoms with E-state index in [0.29, 0.717) is 5.57 Å². The number of thioether (sulfide) groups is 1. The van der Waals surface area contributed by atoms with E-state index >= 15 is 0 Å². The van der Waals surface area contributed by atoms with Gasteiger partial charge in [0.25, 0.3) is 0 Å². The Morgan fingerprint density at radius 2 is 1.73 bits per heavy atom. The first-order valence-corrected chi connectivity index (χ1v) is 4.64. The molecule has 0 aromatic carbocycles. The molecule has 11 heavy (non-hydrogen) atoms. The van der Waals surface area contributed by atoms with Crippen LogP contribution < -0.4 is 0 Å². The van der Waals surface area contributed by atoms with E-state index in [1.54, 1.807) is 0 Å². The lowest BCUT2D eigenvalue weighted by Crippen LogP contribution is -2.00. The van der Waals surface area contributed by atoms with Crippen molar-refractivity contribution in [2.45, 2.75) is 12.8 Å². The van der Waals surface area contributed by atoms with Crippen molar-refractivity contribution in [3.8, 4) is 12.1 Å². The summed E-state index contributed by atoms with van der Waals surface area (Å²) < 4.78 is 0. The van der Waals surface area contributed by atoms with Gasteiger partial charge in [-0.25, -0.2) is 0 Å². The summed E-state index contributed by atoms with van der Waals surface area (Å²) in [5, 5.41) is 17.1. The van der Waals surface area contributed by atoms with Crippen LogP contribution in [0.1, 0.15) is 12.8 Å². The van der Waals surface area contributed by atoms with E-state index in [1.807, 2.05) is 23.9 Å². The van der Waals surface area contributed by atoms with Gasteiger partial charge in [0, 0.05) is 0 Å². The van der Waals surface area contributed by atoms with Crippen molar-refractivity contribution in [3.63, 3.8) is 0 Å². The topological polar surface area (TPSA) is 47.6 Å². The van der Waals surface area contributed by atoms with E-state index in [0.717, 1.165) is 29.9 Å². The van der Waals surface area contributed by atoms with Gasteiger partial charge in [-0.3, -0.25) is 0 Å². The number of nitriles is 2. The van der Waals surface area contributed by atoms with Crippen LogP contribution in [0.3, 0.4) is 0 Å². The molecule has 1 fully saturated rings. The van der Waals surface area contributed by atoms with Crippen LogP contribution in [0.25, 0.3) is 0 Å². The van der Waals surface area contributed by atoms with Crippen molar-refractivity contribution >= 4 is 11.8 Å². The Kier molecular flexibility index (Phi) is 3.01. The number of nitrogens with zero attached hydrogens (tertiary/aromatic N) is 2. The first kappa shape index (κ1) is 8.17. The molecule has 0 atom stereocenters. The largest absolute Gasteiger partial charge is 0.192 e. The van der Waals surface area contributed by atoms with Gasteiger partial charge in [-0.05, 0) is 29.9 Å². The Bertz CT molecular complexity index is 230. The maximum atomic E-state index is 8.54. The van der Waals surface area contributed by atoms with Gasteiger partial charge in [0.2, 0.25) is 0 Å². The fourth-order valence-electron chi connectivity index (χ4n) is 1.05. The smallest absolute Gasteiger partial charge is 0.128 e. The van der Waals surface area contributed by atoms with Gasteiger partial charge in [0.15, 0.2) is 0 Å². The molecule has 1 aliphatic rings. The van der Waals surface area contributed by atoms with Gasteiger partial charge < -0.3 is 0 Å². The molecule has 0 aromatic heterocycles. The lowest BCUT2D eigenvalue weighted by Gasteiger charge is -2.12. The lowest BCUT2D eigenvalue weighted by molar-refractivity contribution is 0.956. The highest BCUT2D eigenvalue weighted by Gasteiger charge is 2.10. The zero-order chi connectivity index (χ0) is 8.10. The summed E-state index contributed by atoms with van der Waals surface area (Å²) in [5.74, 6) is 2.12. The van der Waals surface area contributed by atoms with E-state index in [4.69, 9.17) is 10.5 Å². The highest BCUT2D eigenvalue weighted by molar-refractivity contribution is 7.99. The van der Waals surface area contributed by atoms with Crippen molar-refractivity contribution < 1.29 is 0 Å². The number of rotatable bonds is 0. The second-order valence-corrected chi connectivity index (χ2v) is 3.54. The van der Waals surface area contributed by atoms with Gasteiger partial charge in [-0.15, -0.1) is 0 Å². The Hall–Kier alpha value is -0.930. The summed E-state index contributed by atoms with van der Waals surface area (Å²) >= 11 is 1.88. The van der Waals surface area contributed by atoms with Crippen LogP contribution >= 0.6 is 11.8 Å². The molecule has 0 bridgehead atoms. The van der Waals surface area contributed by atoms with Crippen LogP contribution in [0.2, 0.25) is 0 Å². The third kappa shape index (κ3) is 2.00. The van der Waals surface area contributed by atoms with Gasteiger partial charge >= 0.3 is 0 Å². The van der Waals surface area contributed by atoms with E-state index in [-0.39, 0.29) is 0 Å². The molecule has 0 aromatic rings. The maximum Gasteiger partial charge on any atom is 0.128 e. The van der Waals surface area contributed by atoms with Crippen LogP contribution in [-0.2, 0) is 0 Å². The molecular weight excluding hydrogens is 156 g/mol. The predicted molar refractivity (Wildman–Crippen MR) is 44.8 cm³/mol. The van der Waals surface area contributed by atoms with E-state index in [1.165, 1.54) is 0 Å². The minimum atomic E-state index is 0.338. The van der Waals surface area contributed by atoms with Gasteiger partial charge in [-0.2, -0.15) is 22.3 Å². The van der Waals surface area contributed by atoms with Crippen LogP contribution in [0.4, 0.5) is 0 Å². The molecule has 1 saturated heterocycles. The molecule has 1 heterocycles. The zero-order valence-corrected chi connectivity index (χ0v) is 6.95. The van der Waals surface area contributed by atoms with Crippen molar-refractivity contribution in [1.29, 1.82) is 10.5 Å². The summed E-state index contributed by atoms with van der Waals surface area (Å²) in [6.45, 7) is 0. The average molecular weight is 164 g/mol. The highest BCUT2D eigenvalue weighted by atomic mass is 32.2. The fraction of sp³-hybridized carbons (Fsp3) is 0.500. The summed E-state index contributed by atoms with van der Waals surface area (Å²) in [5.41, 5.74) is 1.39. The second kappa shape index (κ2) is 4.05. The molecule has 0 N–H and O–H groups in total. The summed E-state index contributed by atoms with van der Waals surface area (Å²) in [4.78, 5) is 0. The number of allylic oxidation sites excluding steroid dienone is 2. The summed E-state index contributed by atoms with van der Waals surface area (Å²) in [6.07, 6.45) is 1.84. The number of hydrogen-bond acceptors (Lipinski definition) is 3. The Balaban J connectivity index is 2.77. The minimum absolute atomic E-state index is 0.338. The molecule has 0 radical (unpaired) electrons.